The number of aromatic nitrogens is 4. The summed E-state index contributed by atoms with van der Waals surface area (Å²) in [4.78, 5) is 12.5. The molecule has 0 fully saturated rings. The lowest BCUT2D eigenvalue weighted by Crippen LogP contribution is -2.12. The van der Waals surface area contributed by atoms with Crippen molar-refractivity contribution in [3.63, 3.8) is 0 Å². The molecule has 0 spiro atoms. The van der Waals surface area contributed by atoms with Gasteiger partial charge in [0.25, 0.3) is 5.91 Å². The number of hydrogen-bond donors (Lipinski definition) is 1. The van der Waals surface area contributed by atoms with Crippen molar-refractivity contribution in [2.24, 2.45) is 0 Å². The summed E-state index contributed by atoms with van der Waals surface area (Å²) in [6.07, 6.45) is 2.40. The second-order valence-corrected chi connectivity index (χ2v) is 5.47. The van der Waals surface area contributed by atoms with Crippen LogP contribution in [0.3, 0.4) is 0 Å². The van der Waals surface area contributed by atoms with E-state index in [1.807, 2.05) is 19.1 Å². The molecule has 1 N–H and O–H groups in total. The van der Waals surface area contributed by atoms with Crippen LogP contribution in [0, 0.1) is 0 Å². The maximum absolute atomic E-state index is 12.5. The highest BCUT2D eigenvalue weighted by Gasteiger charge is 2.11. The smallest absolute Gasteiger partial charge is 0.255 e. The van der Waals surface area contributed by atoms with Crippen LogP contribution in [0.1, 0.15) is 23.7 Å². The van der Waals surface area contributed by atoms with E-state index in [0.717, 1.165) is 12.1 Å². The predicted octanol–water partition coefficient (Wildman–Crippen LogP) is 2.71. The molecule has 2 aromatic carbocycles. The number of amides is 1. The molecule has 0 aliphatic carbocycles. The summed E-state index contributed by atoms with van der Waals surface area (Å²) in [5.41, 5.74) is 1.94. The van der Waals surface area contributed by atoms with E-state index < -0.39 is 0 Å². The number of rotatable bonds is 7. The fourth-order valence-corrected chi connectivity index (χ4v) is 2.32. The predicted molar refractivity (Wildman–Crippen MR) is 95.9 cm³/mol. The first-order chi connectivity index (χ1) is 12.7. The van der Waals surface area contributed by atoms with Crippen molar-refractivity contribution < 1.29 is 14.3 Å². The third-order valence-electron chi connectivity index (χ3n) is 3.63. The zero-order chi connectivity index (χ0) is 18.4. The first-order valence-electron chi connectivity index (χ1n) is 8.17. The average molecular weight is 353 g/mol. The minimum atomic E-state index is -0.236. The van der Waals surface area contributed by atoms with Crippen LogP contribution in [0.15, 0.2) is 48.8 Å². The summed E-state index contributed by atoms with van der Waals surface area (Å²) in [5, 5.41) is 13.8. The molecule has 3 rings (SSSR count). The van der Waals surface area contributed by atoms with Gasteiger partial charge in [0.05, 0.1) is 19.4 Å². The van der Waals surface area contributed by atoms with Gasteiger partial charge in [-0.3, -0.25) is 4.79 Å². The first kappa shape index (κ1) is 17.4. The van der Waals surface area contributed by atoms with E-state index >= 15 is 0 Å². The molecule has 0 aliphatic heterocycles. The summed E-state index contributed by atoms with van der Waals surface area (Å²) >= 11 is 0. The lowest BCUT2D eigenvalue weighted by atomic mass is 10.1. The van der Waals surface area contributed by atoms with Gasteiger partial charge in [0.2, 0.25) is 0 Å². The van der Waals surface area contributed by atoms with Crippen molar-refractivity contribution in [3.05, 3.63) is 54.4 Å². The lowest BCUT2D eigenvalue weighted by Gasteiger charge is -2.12. The van der Waals surface area contributed by atoms with Crippen molar-refractivity contribution in [1.29, 1.82) is 0 Å². The third-order valence-corrected chi connectivity index (χ3v) is 3.63. The number of ether oxygens (including phenoxy) is 2. The molecule has 134 valence electrons. The van der Waals surface area contributed by atoms with Crippen LogP contribution in [0.5, 0.6) is 11.5 Å². The molecule has 3 aromatic rings. The van der Waals surface area contributed by atoms with Crippen molar-refractivity contribution >= 4 is 11.6 Å². The molecule has 0 aliphatic rings. The van der Waals surface area contributed by atoms with Gasteiger partial charge in [0.1, 0.15) is 6.33 Å². The zero-order valence-electron chi connectivity index (χ0n) is 14.5. The van der Waals surface area contributed by atoms with E-state index in [1.165, 1.54) is 11.0 Å². The van der Waals surface area contributed by atoms with Crippen molar-refractivity contribution in [2.45, 2.75) is 13.3 Å². The topological polar surface area (TPSA) is 91.2 Å². The first-order valence-corrected chi connectivity index (χ1v) is 8.17. The average Bonchev–Trinajstić information content (AvgIpc) is 3.21. The van der Waals surface area contributed by atoms with Crippen molar-refractivity contribution in [3.8, 4) is 17.2 Å². The third kappa shape index (κ3) is 3.97. The maximum atomic E-state index is 12.5. The molecule has 0 unspecified atom stereocenters. The van der Waals surface area contributed by atoms with E-state index in [9.17, 15) is 4.79 Å². The summed E-state index contributed by atoms with van der Waals surface area (Å²) in [5.74, 6) is 0.914. The Balaban J connectivity index is 1.71. The Morgan fingerprint density at radius 1 is 1.15 bits per heavy atom. The number of tetrazole rings is 1. The van der Waals surface area contributed by atoms with Crippen LogP contribution < -0.4 is 14.8 Å². The van der Waals surface area contributed by atoms with Crippen LogP contribution in [0.4, 0.5) is 5.69 Å². The second-order valence-electron chi connectivity index (χ2n) is 5.47. The Hall–Kier alpha value is -3.42. The number of hydrogen-bond acceptors (Lipinski definition) is 6. The molecule has 26 heavy (non-hydrogen) atoms. The SMILES string of the molecule is CCCOc1ccc(C(=O)Nc2ccc(-n3cnnn3)cc2)cc1OC. The van der Waals surface area contributed by atoms with E-state index in [4.69, 9.17) is 9.47 Å². The van der Waals surface area contributed by atoms with Gasteiger partial charge in [-0.05, 0) is 59.3 Å². The van der Waals surface area contributed by atoms with E-state index in [0.29, 0.717) is 29.4 Å². The lowest BCUT2D eigenvalue weighted by molar-refractivity contribution is 0.102. The molecule has 8 nitrogen and oxygen atoms in total. The molecule has 0 atom stereocenters. The highest BCUT2D eigenvalue weighted by molar-refractivity contribution is 6.04. The largest absolute Gasteiger partial charge is 0.493 e. The molecule has 1 aromatic heterocycles. The summed E-state index contributed by atoms with van der Waals surface area (Å²) in [7, 11) is 1.55. The van der Waals surface area contributed by atoms with Crippen LogP contribution in [-0.4, -0.2) is 39.8 Å². The summed E-state index contributed by atoms with van der Waals surface area (Å²) in [6.45, 7) is 2.62. The van der Waals surface area contributed by atoms with Gasteiger partial charge in [-0.25, -0.2) is 4.68 Å². The van der Waals surface area contributed by atoms with Crippen LogP contribution in [0.2, 0.25) is 0 Å². The Labute approximate surface area is 150 Å². The number of anilines is 1. The van der Waals surface area contributed by atoms with E-state index in [1.54, 1.807) is 37.4 Å². The Bertz CT molecular complexity index is 863. The molecule has 0 saturated heterocycles. The standard InChI is InChI=1S/C18H19N5O3/c1-3-10-26-16-9-4-13(11-17(16)25-2)18(24)20-14-5-7-15(8-6-14)23-12-19-21-22-23/h4-9,11-12H,3,10H2,1-2H3,(H,20,24). The number of benzene rings is 2. The molecule has 1 heterocycles. The molecule has 1 amide bonds. The number of carbonyl (C=O) groups is 1. The van der Waals surface area contributed by atoms with Gasteiger partial charge in [-0.1, -0.05) is 6.92 Å². The molecule has 0 bridgehead atoms. The number of nitrogens with one attached hydrogen (secondary N) is 1. The minimum Gasteiger partial charge on any atom is -0.493 e. The normalized spacial score (nSPS) is 10.4. The fraction of sp³-hybridized carbons (Fsp3) is 0.222. The minimum absolute atomic E-state index is 0.236. The van der Waals surface area contributed by atoms with E-state index in [2.05, 4.69) is 20.8 Å². The van der Waals surface area contributed by atoms with E-state index in [-0.39, 0.29) is 5.91 Å². The van der Waals surface area contributed by atoms with Crippen LogP contribution in [0.25, 0.3) is 5.69 Å². The Kier molecular flexibility index (Phi) is 5.43. The fourth-order valence-electron chi connectivity index (χ4n) is 2.32. The van der Waals surface area contributed by atoms with Crippen molar-refractivity contribution in [2.75, 3.05) is 19.0 Å². The zero-order valence-corrected chi connectivity index (χ0v) is 14.5. The monoisotopic (exact) mass is 353 g/mol. The van der Waals surface area contributed by atoms with Crippen LogP contribution >= 0.6 is 0 Å². The summed E-state index contributed by atoms with van der Waals surface area (Å²) < 4.78 is 12.5. The molecular formula is C18H19N5O3. The van der Waals surface area contributed by atoms with Crippen molar-refractivity contribution in [1.82, 2.24) is 20.2 Å². The van der Waals surface area contributed by atoms with Crippen LogP contribution in [-0.2, 0) is 0 Å². The Morgan fingerprint density at radius 2 is 1.96 bits per heavy atom. The maximum Gasteiger partial charge on any atom is 0.255 e. The van der Waals surface area contributed by atoms with Gasteiger partial charge < -0.3 is 14.8 Å². The van der Waals surface area contributed by atoms with Gasteiger partial charge in [-0.2, -0.15) is 0 Å². The van der Waals surface area contributed by atoms with Gasteiger partial charge in [-0.15, -0.1) is 5.10 Å². The Morgan fingerprint density at radius 3 is 2.62 bits per heavy atom. The van der Waals surface area contributed by atoms with Gasteiger partial charge >= 0.3 is 0 Å². The van der Waals surface area contributed by atoms with Gasteiger partial charge in [0.15, 0.2) is 11.5 Å². The highest BCUT2D eigenvalue weighted by atomic mass is 16.5. The molecule has 0 saturated carbocycles. The molecule has 0 radical (unpaired) electrons. The molecular weight excluding hydrogens is 334 g/mol. The van der Waals surface area contributed by atoms with Gasteiger partial charge in [0, 0.05) is 11.3 Å². The summed E-state index contributed by atoms with van der Waals surface area (Å²) in [6, 6.07) is 12.3. The second kappa shape index (κ2) is 8.11. The number of nitrogens with zero attached hydrogens (tertiary/aromatic N) is 4. The number of carbonyl (C=O) groups excluding carboxylic acids is 1. The molecule has 8 heteroatoms. The number of methoxy groups -OCH3 is 1. The quantitative estimate of drug-likeness (QED) is 0.702. The highest BCUT2D eigenvalue weighted by Crippen LogP contribution is 2.28.